The molecule has 1 aliphatic rings. The summed E-state index contributed by atoms with van der Waals surface area (Å²) in [5.41, 5.74) is 2.19. The fourth-order valence-electron chi connectivity index (χ4n) is 4.15. The Hall–Kier alpha value is -2.19. The normalized spacial score (nSPS) is 15.3. The van der Waals surface area contributed by atoms with Gasteiger partial charge in [-0.1, -0.05) is 29.8 Å². The Balaban J connectivity index is 1.56. The molecule has 1 aromatic carbocycles. The molecule has 174 valence electrons. The van der Waals surface area contributed by atoms with E-state index >= 15 is 0 Å². The minimum atomic E-state index is -0.174. The lowest BCUT2D eigenvalue weighted by Gasteiger charge is -2.37. The molecule has 0 N–H and O–H groups in total. The SMILES string of the molecule is CCOCCCN(CC(=O)N1CCc2sccc2C1c1ccc(Cl)cc1)C(=O)c1cccs1. The van der Waals surface area contributed by atoms with Crippen molar-refractivity contribution in [2.75, 3.05) is 32.8 Å². The zero-order valence-electron chi connectivity index (χ0n) is 18.5. The third kappa shape index (κ3) is 5.66. The molecule has 2 aromatic heterocycles. The predicted molar refractivity (Wildman–Crippen MR) is 134 cm³/mol. The fourth-order valence-corrected chi connectivity index (χ4v) is 5.87. The monoisotopic (exact) mass is 502 g/mol. The van der Waals surface area contributed by atoms with Crippen LogP contribution in [0.25, 0.3) is 0 Å². The highest BCUT2D eigenvalue weighted by molar-refractivity contribution is 7.12. The van der Waals surface area contributed by atoms with Crippen LogP contribution in [0.15, 0.2) is 53.2 Å². The molecule has 0 fully saturated rings. The largest absolute Gasteiger partial charge is 0.382 e. The van der Waals surface area contributed by atoms with E-state index in [1.54, 1.807) is 16.2 Å². The molecule has 0 radical (unpaired) electrons. The Kier molecular flexibility index (Phi) is 8.20. The molecule has 1 unspecified atom stereocenters. The van der Waals surface area contributed by atoms with Gasteiger partial charge in [0.25, 0.3) is 5.91 Å². The van der Waals surface area contributed by atoms with E-state index in [-0.39, 0.29) is 24.4 Å². The maximum atomic E-state index is 13.6. The number of ether oxygens (including phenoxy) is 1. The van der Waals surface area contributed by atoms with Gasteiger partial charge in [0.1, 0.15) is 6.54 Å². The number of rotatable bonds is 9. The van der Waals surface area contributed by atoms with E-state index in [2.05, 4.69) is 11.4 Å². The standard InChI is InChI=1S/C25H27ClN2O3S2/c1-2-31-14-4-12-27(25(30)22-5-3-15-32-22)17-23(29)28-13-10-21-20(11-16-33-21)24(28)18-6-8-19(26)9-7-18/h3,5-9,11,15-16,24H,2,4,10,12-14,17H2,1H3. The number of thiophene rings is 2. The van der Waals surface area contributed by atoms with Gasteiger partial charge in [0, 0.05) is 36.2 Å². The van der Waals surface area contributed by atoms with E-state index in [4.69, 9.17) is 16.3 Å². The average molecular weight is 503 g/mol. The molecule has 3 heterocycles. The summed E-state index contributed by atoms with van der Waals surface area (Å²) in [5, 5.41) is 4.63. The summed E-state index contributed by atoms with van der Waals surface area (Å²) in [6.45, 7) is 4.30. The third-order valence-corrected chi connectivity index (χ3v) is 7.84. The number of benzene rings is 1. The van der Waals surface area contributed by atoms with Crippen molar-refractivity contribution in [2.24, 2.45) is 0 Å². The quantitative estimate of drug-likeness (QED) is 0.363. The topological polar surface area (TPSA) is 49.9 Å². The van der Waals surface area contributed by atoms with Gasteiger partial charge in [-0.25, -0.2) is 0 Å². The van der Waals surface area contributed by atoms with Crippen LogP contribution in [0.1, 0.15) is 45.1 Å². The Labute approximate surface area is 207 Å². The number of fused-ring (bicyclic) bond motifs is 1. The summed E-state index contributed by atoms with van der Waals surface area (Å²) in [7, 11) is 0. The highest BCUT2D eigenvalue weighted by atomic mass is 35.5. The van der Waals surface area contributed by atoms with E-state index in [1.165, 1.54) is 16.2 Å². The molecule has 0 saturated heterocycles. The van der Waals surface area contributed by atoms with Crippen LogP contribution in [-0.2, 0) is 16.0 Å². The number of carbonyl (C=O) groups is 2. The average Bonchev–Trinajstić information content (AvgIpc) is 3.53. The lowest BCUT2D eigenvalue weighted by atomic mass is 9.93. The van der Waals surface area contributed by atoms with Gasteiger partial charge in [-0.3, -0.25) is 9.59 Å². The summed E-state index contributed by atoms with van der Waals surface area (Å²) < 4.78 is 5.45. The molecule has 0 bridgehead atoms. The Bertz CT molecular complexity index is 1070. The molecule has 33 heavy (non-hydrogen) atoms. The molecule has 1 aliphatic heterocycles. The smallest absolute Gasteiger partial charge is 0.264 e. The van der Waals surface area contributed by atoms with Crippen LogP contribution in [0.5, 0.6) is 0 Å². The maximum Gasteiger partial charge on any atom is 0.264 e. The number of amides is 2. The van der Waals surface area contributed by atoms with Crippen molar-refractivity contribution in [1.29, 1.82) is 0 Å². The van der Waals surface area contributed by atoms with Gasteiger partial charge in [-0.15, -0.1) is 22.7 Å². The summed E-state index contributed by atoms with van der Waals surface area (Å²) in [6, 6.07) is 13.3. The highest BCUT2D eigenvalue weighted by Crippen LogP contribution is 2.38. The van der Waals surface area contributed by atoms with Crippen molar-refractivity contribution in [2.45, 2.75) is 25.8 Å². The van der Waals surface area contributed by atoms with Crippen LogP contribution in [-0.4, -0.2) is 54.5 Å². The summed E-state index contributed by atoms with van der Waals surface area (Å²) >= 11 is 9.25. The van der Waals surface area contributed by atoms with Gasteiger partial charge >= 0.3 is 0 Å². The van der Waals surface area contributed by atoms with Crippen LogP contribution < -0.4 is 0 Å². The molecule has 0 saturated carbocycles. The molecule has 8 heteroatoms. The van der Waals surface area contributed by atoms with Crippen molar-refractivity contribution < 1.29 is 14.3 Å². The molecule has 0 spiro atoms. The number of nitrogens with zero attached hydrogens (tertiary/aromatic N) is 2. The molecular weight excluding hydrogens is 476 g/mol. The molecule has 3 aromatic rings. The first kappa shape index (κ1) is 24.0. The molecular formula is C25H27ClN2O3S2. The Morgan fingerprint density at radius 2 is 1.97 bits per heavy atom. The number of hydrogen-bond donors (Lipinski definition) is 0. The minimum absolute atomic E-state index is 0.0480. The second-order valence-electron chi connectivity index (χ2n) is 7.84. The second-order valence-corrected chi connectivity index (χ2v) is 10.2. The number of carbonyl (C=O) groups excluding carboxylic acids is 2. The minimum Gasteiger partial charge on any atom is -0.382 e. The summed E-state index contributed by atoms with van der Waals surface area (Å²) in [4.78, 5) is 32.3. The number of halogens is 1. The molecule has 1 atom stereocenters. The first-order valence-electron chi connectivity index (χ1n) is 11.1. The van der Waals surface area contributed by atoms with Crippen LogP contribution in [0.2, 0.25) is 5.02 Å². The van der Waals surface area contributed by atoms with Crippen LogP contribution >= 0.6 is 34.3 Å². The maximum absolute atomic E-state index is 13.6. The number of hydrogen-bond acceptors (Lipinski definition) is 5. The van der Waals surface area contributed by atoms with Crippen LogP contribution in [0.4, 0.5) is 0 Å². The van der Waals surface area contributed by atoms with E-state index < -0.39 is 0 Å². The second kappa shape index (κ2) is 11.3. The zero-order chi connectivity index (χ0) is 23.2. The zero-order valence-corrected chi connectivity index (χ0v) is 20.9. The molecule has 5 nitrogen and oxygen atoms in total. The van der Waals surface area contributed by atoms with Crippen LogP contribution in [0, 0.1) is 0 Å². The summed E-state index contributed by atoms with van der Waals surface area (Å²) in [6.07, 6.45) is 1.51. The highest BCUT2D eigenvalue weighted by Gasteiger charge is 2.34. The molecule has 2 amide bonds. The van der Waals surface area contributed by atoms with Gasteiger partial charge in [0.2, 0.25) is 5.91 Å². The van der Waals surface area contributed by atoms with Gasteiger partial charge in [-0.05, 0) is 65.9 Å². The van der Waals surface area contributed by atoms with Crippen molar-refractivity contribution >= 4 is 46.1 Å². The van der Waals surface area contributed by atoms with Gasteiger partial charge in [0.05, 0.1) is 10.9 Å². The Morgan fingerprint density at radius 3 is 2.70 bits per heavy atom. The van der Waals surface area contributed by atoms with Crippen molar-refractivity contribution in [3.05, 3.63) is 79.1 Å². The molecule has 4 rings (SSSR count). The van der Waals surface area contributed by atoms with E-state index in [0.717, 1.165) is 17.5 Å². The first-order valence-corrected chi connectivity index (χ1v) is 13.2. The lowest BCUT2D eigenvalue weighted by Crippen LogP contribution is -2.47. The van der Waals surface area contributed by atoms with Gasteiger partial charge in [0.15, 0.2) is 0 Å². The predicted octanol–water partition coefficient (Wildman–Crippen LogP) is 5.51. The summed E-state index contributed by atoms with van der Waals surface area (Å²) in [5.74, 6) is -0.153. The van der Waals surface area contributed by atoms with Gasteiger partial charge < -0.3 is 14.5 Å². The third-order valence-electron chi connectivity index (χ3n) is 5.74. The molecule has 0 aliphatic carbocycles. The van der Waals surface area contributed by atoms with Crippen molar-refractivity contribution in [3.8, 4) is 0 Å². The van der Waals surface area contributed by atoms with Crippen molar-refractivity contribution in [3.63, 3.8) is 0 Å². The van der Waals surface area contributed by atoms with E-state index in [9.17, 15) is 9.59 Å². The van der Waals surface area contributed by atoms with Crippen LogP contribution in [0.3, 0.4) is 0 Å². The van der Waals surface area contributed by atoms with Crippen molar-refractivity contribution in [1.82, 2.24) is 9.80 Å². The van der Waals surface area contributed by atoms with E-state index in [0.29, 0.717) is 42.6 Å². The Morgan fingerprint density at radius 1 is 1.15 bits per heavy atom. The van der Waals surface area contributed by atoms with E-state index in [1.807, 2.05) is 53.6 Å². The lowest BCUT2D eigenvalue weighted by molar-refractivity contribution is -0.134. The van der Waals surface area contributed by atoms with Gasteiger partial charge in [-0.2, -0.15) is 0 Å². The first-order chi connectivity index (χ1) is 16.1. The fraction of sp³-hybridized carbons (Fsp3) is 0.360.